The standard InChI is InChI=1S/C22H14IN3/c23-19-9-4-7-17(14-19)16-6-3-8-18(13-16)21-24-25-22-20-10-2-1-5-15(20)11-12-26(21)22/h1-14H. The maximum absolute atomic E-state index is 4.48. The van der Waals surface area contributed by atoms with E-state index in [4.69, 9.17) is 0 Å². The molecule has 0 saturated carbocycles. The second-order valence-corrected chi connectivity index (χ2v) is 7.46. The van der Waals surface area contributed by atoms with Crippen LogP contribution in [-0.4, -0.2) is 14.6 Å². The Bertz CT molecular complexity index is 1260. The van der Waals surface area contributed by atoms with E-state index in [1.807, 2.05) is 18.3 Å². The summed E-state index contributed by atoms with van der Waals surface area (Å²) in [5, 5.41) is 11.2. The van der Waals surface area contributed by atoms with Crippen molar-refractivity contribution in [2.75, 3.05) is 0 Å². The van der Waals surface area contributed by atoms with E-state index in [9.17, 15) is 0 Å². The minimum Gasteiger partial charge on any atom is -0.282 e. The monoisotopic (exact) mass is 447 g/mol. The molecule has 2 aromatic heterocycles. The largest absolute Gasteiger partial charge is 0.282 e. The van der Waals surface area contributed by atoms with Crippen LogP contribution in [0.3, 0.4) is 0 Å². The first-order valence-electron chi connectivity index (χ1n) is 8.38. The third-order valence-corrected chi connectivity index (χ3v) is 5.25. The van der Waals surface area contributed by atoms with Gasteiger partial charge in [-0.3, -0.25) is 4.40 Å². The van der Waals surface area contributed by atoms with Crippen LogP contribution < -0.4 is 0 Å². The second kappa shape index (κ2) is 6.21. The summed E-state index contributed by atoms with van der Waals surface area (Å²) in [6, 6.07) is 27.4. The zero-order valence-electron chi connectivity index (χ0n) is 13.8. The highest BCUT2D eigenvalue weighted by Gasteiger charge is 2.11. The van der Waals surface area contributed by atoms with Crippen LogP contribution in [0, 0.1) is 3.57 Å². The average Bonchev–Trinajstić information content (AvgIpc) is 3.13. The van der Waals surface area contributed by atoms with Crippen molar-refractivity contribution in [3.05, 3.63) is 88.6 Å². The molecular weight excluding hydrogens is 433 g/mol. The van der Waals surface area contributed by atoms with Crippen LogP contribution in [0.25, 0.3) is 38.9 Å². The van der Waals surface area contributed by atoms with E-state index in [0.29, 0.717) is 0 Å². The van der Waals surface area contributed by atoms with Crippen molar-refractivity contribution in [2.45, 2.75) is 0 Å². The zero-order chi connectivity index (χ0) is 17.5. The predicted molar refractivity (Wildman–Crippen MR) is 114 cm³/mol. The van der Waals surface area contributed by atoms with E-state index in [0.717, 1.165) is 22.4 Å². The topological polar surface area (TPSA) is 30.2 Å². The lowest BCUT2D eigenvalue weighted by atomic mass is 10.0. The second-order valence-electron chi connectivity index (χ2n) is 6.21. The molecule has 0 radical (unpaired) electrons. The first kappa shape index (κ1) is 15.5. The van der Waals surface area contributed by atoms with Gasteiger partial charge in [0.1, 0.15) is 0 Å². The van der Waals surface area contributed by atoms with Crippen molar-refractivity contribution < 1.29 is 0 Å². The summed E-state index contributed by atoms with van der Waals surface area (Å²) in [5.74, 6) is 0.859. The van der Waals surface area contributed by atoms with Crippen LogP contribution in [0.5, 0.6) is 0 Å². The summed E-state index contributed by atoms with van der Waals surface area (Å²) in [5.41, 5.74) is 4.33. The summed E-state index contributed by atoms with van der Waals surface area (Å²) in [4.78, 5) is 0. The highest BCUT2D eigenvalue weighted by atomic mass is 127. The molecule has 0 amide bonds. The lowest BCUT2D eigenvalue weighted by Crippen LogP contribution is -1.90. The Labute approximate surface area is 164 Å². The van der Waals surface area contributed by atoms with Gasteiger partial charge in [0.15, 0.2) is 11.5 Å². The van der Waals surface area contributed by atoms with Gasteiger partial charge < -0.3 is 0 Å². The van der Waals surface area contributed by atoms with Gasteiger partial charge in [0, 0.05) is 20.7 Å². The Morgan fingerprint density at radius 1 is 0.692 bits per heavy atom. The Balaban J connectivity index is 1.69. The smallest absolute Gasteiger partial charge is 0.168 e. The van der Waals surface area contributed by atoms with E-state index in [2.05, 4.69) is 104 Å². The Morgan fingerprint density at radius 3 is 2.35 bits per heavy atom. The SMILES string of the molecule is Ic1cccc(-c2cccc(-c3nnc4c5ccccc5ccn34)c2)c1. The summed E-state index contributed by atoms with van der Waals surface area (Å²) < 4.78 is 3.29. The Kier molecular flexibility index (Phi) is 3.71. The number of pyridine rings is 1. The average molecular weight is 447 g/mol. The molecule has 26 heavy (non-hydrogen) atoms. The highest BCUT2D eigenvalue weighted by molar-refractivity contribution is 14.1. The van der Waals surface area contributed by atoms with Crippen molar-refractivity contribution in [2.24, 2.45) is 0 Å². The van der Waals surface area contributed by atoms with Gasteiger partial charge >= 0.3 is 0 Å². The predicted octanol–water partition coefficient (Wildman–Crippen LogP) is 5.82. The number of nitrogens with zero attached hydrogens (tertiary/aromatic N) is 3. The van der Waals surface area contributed by atoms with Gasteiger partial charge in [-0.05, 0) is 63.4 Å². The van der Waals surface area contributed by atoms with Crippen LogP contribution >= 0.6 is 22.6 Å². The van der Waals surface area contributed by atoms with E-state index in [-0.39, 0.29) is 0 Å². The number of aromatic nitrogens is 3. The molecule has 0 fully saturated rings. The minimum absolute atomic E-state index is 0.859. The molecule has 0 aliphatic heterocycles. The van der Waals surface area contributed by atoms with E-state index in [1.165, 1.54) is 20.1 Å². The van der Waals surface area contributed by atoms with E-state index in [1.54, 1.807) is 0 Å². The number of benzene rings is 3. The van der Waals surface area contributed by atoms with Gasteiger partial charge in [0.05, 0.1) is 0 Å². The van der Waals surface area contributed by atoms with Gasteiger partial charge in [-0.2, -0.15) is 0 Å². The fourth-order valence-electron chi connectivity index (χ4n) is 3.32. The molecule has 0 atom stereocenters. The van der Waals surface area contributed by atoms with E-state index >= 15 is 0 Å². The highest BCUT2D eigenvalue weighted by Crippen LogP contribution is 2.28. The first-order valence-corrected chi connectivity index (χ1v) is 9.46. The van der Waals surface area contributed by atoms with Crippen LogP contribution in [0.15, 0.2) is 85.1 Å². The van der Waals surface area contributed by atoms with Gasteiger partial charge in [0.2, 0.25) is 0 Å². The Hall–Kier alpha value is -2.73. The fraction of sp³-hybridized carbons (Fsp3) is 0. The van der Waals surface area contributed by atoms with Crippen LogP contribution in [-0.2, 0) is 0 Å². The molecule has 0 bridgehead atoms. The third-order valence-electron chi connectivity index (χ3n) is 4.58. The summed E-state index contributed by atoms with van der Waals surface area (Å²) in [6.07, 6.45) is 2.05. The number of hydrogen-bond acceptors (Lipinski definition) is 2. The molecule has 5 rings (SSSR count). The first-order chi connectivity index (χ1) is 12.8. The number of hydrogen-bond donors (Lipinski definition) is 0. The molecule has 0 aliphatic rings. The number of halogens is 1. The van der Waals surface area contributed by atoms with Crippen molar-refractivity contribution in [3.63, 3.8) is 0 Å². The summed E-state index contributed by atoms with van der Waals surface area (Å²) in [7, 11) is 0. The molecule has 0 saturated heterocycles. The third kappa shape index (κ3) is 2.57. The molecule has 3 aromatic carbocycles. The Morgan fingerprint density at radius 2 is 1.46 bits per heavy atom. The molecule has 0 N–H and O–H groups in total. The van der Waals surface area contributed by atoms with Crippen molar-refractivity contribution in [1.29, 1.82) is 0 Å². The molecule has 4 heteroatoms. The molecule has 124 valence electrons. The van der Waals surface area contributed by atoms with Crippen LogP contribution in [0.4, 0.5) is 0 Å². The maximum Gasteiger partial charge on any atom is 0.168 e. The zero-order valence-corrected chi connectivity index (χ0v) is 16.0. The normalized spacial score (nSPS) is 11.3. The molecule has 0 spiro atoms. The van der Waals surface area contributed by atoms with Gasteiger partial charge in [-0.15, -0.1) is 10.2 Å². The fourth-order valence-corrected chi connectivity index (χ4v) is 3.86. The number of fused-ring (bicyclic) bond motifs is 3. The van der Waals surface area contributed by atoms with Crippen LogP contribution in [0.2, 0.25) is 0 Å². The van der Waals surface area contributed by atoms with Gasteiger partial charge in [-0.1, -0.05) is 54.6 Å². The maximum atomic E-state index is 4.48. The summed E-state index contributed by atoms with van der Waals surface area (Å²) in [6.45, 7) is 0. The molecule has 5 aromatic rings. The molecule has 0 aliphatic carbocycles. The lowest BCUT2D eigenvalue weighted by Gasteiger charge is -2.06. The van der Waals surface area contributed by atoms with Crippen molar-refractivity contribution in [3.8, 4) is 22.5 Å². The van der Waals surface area contributed by atoms with Crippen molar-refractivity contribution in [1.82, 2.24) is 14.6 Å². The summed E-state index contributed by atoms with van der Waals surface area (Å²) >= 11 is 2.34. The molecule has 0 unspecified atom stereocenters. The molecule has 2 heterocycles. The lowest BCUT2D eigenvalue weighted by molar-refractivity contribution is 1.11. The van der Waals surface area contributed by atoms with E-state index < -0.39 is 0 Å². The molecular formula is C22H14IN3. The number of rotatable bonds is 2. The van der Waals surface area contributed by atoms with Gasteiger partial charge in [0.25, 0.3) is 0 Å². The quantitative estimate of drug-likeness (QED) is 0.319. The minimum atomic E-state index is 0.859. The van der Waals surface area contributed by atoms with Crippen molar-refractivity contribution >= 4 is 39.0 Å². The van der Waals surface area contributed by atoms with Gasteiger partial charge in [-0.25, -0.2) is 0 Å². The van der Waals surface area contributed by atoms with Crippen LogP contribution in [0.1, 0.15) is 0 Å². The molecule has 3 nitrogen and oxygen atoms in total.